The maximum atomic E-state index is 9.72. The summed E-state index contributed by atoms with van der Waals surface area (Å²) in [5.74, 6) is 0.438. The summed E-state index contributed by atoms with van der Waals surface area (Å²) in [6.07, 6.45) is 4.54. The van der Waals surface area contributed by atoms with E-state index in [0.29, 0.717) is 5.92 Å². The summed E-state index contributed by atoms with van der Waals surface area (Å²) in [5.41, 5.74) is -0.599. The second kappa shape index (κ2) is 2.12. The van der Waals surface area contributed by atoms with E-state index in [1.807, 2.05) is 13.0 Å². The van der Waals surface area contributed by atoms with Gasteiger partial charge in [0.05, 0.1) is 11.7 Å². The Labute approximate surface area is 73.2 Å². The van der Waals surface area contributed by atoms with Crippen molar-refractivity contribution in [2.45, 2.75) is 44.5 Å². The van der Waals surface area contributed by atoms with Gasteiger partial charge in [-0.2, -0.15) is 0 Å². The van der Waals surface area contributed by atoms with E-state index in [2.05, 4.69) is 19.9 Å². The fraction of sp³-hybridized carbons (Fsp3) is 0.800. The molecule has 0 aromatic rings. The highest BCUT2D eigenvalue weighted by Gasteiger charge is 2.56. The first-order chi connectivity index (χ1) is 5.49. The van der Waals surface area contributed by atoms with E-state index >= 15 is 0 Å². The van der Waals surface area contributed by atoms with E-state index in [-0.39, 0.29) is 11.7 Å². The van der Waals surface area contributed by atoms with Crippen molar-refractivity contribution in [3.8, 4) is 0 Å². The third-order valence-electron chi connectivity index (χ3n) is 3.26. The van der Waals surface area contributed by atoms with Gasteiger partial charge in [0, 0.05) is 6.42 Å². The average molecular weight is 168 g/mol. The summed E-state index contributed by atoms with van der Waals surface area (Å²) in [6, 6.07) is 0. The molecule has 2 bridgehead atoms. The Balaban J connectivity index is 2.33. The lowest BCUT2D eigenvalue weighted by molar-refractivity contribution is -0.0652. The minimum Gasteiger partial charge on any atom is -0.390 e. The van der Waals surface area contributed by atoms with Crippen LogP contribution in [0.2, 0.25) is 0 Å². The zero-order valence-corrected chi connectivity index (χ0v) is 7.87. The minimum atomic E-state index is -0.412. The van der Waals surface area contributed by atoms with Gasteiger partial charge in [0.15, 0.2) is 0 Å². The molecule has 0 saturated carbocycles. The van der Waals surface area contributed by atoms with Gasteiger partial charge >= 0.3 is 0 Å². The van der Waals surface area contributed by atoms with Crippen LogP contribution in [0, 0.1) is 5.92 Å². The monoisotopic (exact) mass is 168 g/mol. The molecule has 2 rings (SSSR count). The molecule has 0 spiro atoms. The first-order valence-corrected chi connectivity index (χ1v) is 4.57. The number of hydrogen-bond donors (Lipinski definition) is 1. The van der Waals surface area contributed by atoms with Crippen molar-refractivity contribution in [2.75, 3.05) is 0 Å². The number of ether oxygens (including phenoxy) is 1. The van der Waals surface area contributed by atoms with Crippen LogP contribution in [-0.2, 0) is 4.74 Å². The fourth-order valence-electron chi connectivity index (χ4n) is 2.12. The molecule has 2 heteroatoms. The topological polar surface area (TPSA) is 29.5 Å². The lowest BCUT2D eigenvalue weighted by atomic mass is 9.81. The van der Waals surface area contributed by atoms with Gasteiger partial charge in [-0.05, 0) is 12.8 Å². The summed E-state index contributed by atoms with van der Waals surface area (Å²) < 4.78 is 5.86. The van der Waals surface area contributed by atoms with Gasteiger partial charge in [0.25, 0.3) is 0 Å². The van der Waals surface area contributed by atoms with E-state index in [1.165, 1.54) is 0 Å². The van der Waals surface area contributed by atoms with Gasteiger partial charge in [-0.3, -0.25) is 0 Å². The zero-order chi connectivity index (χ0) is 8.98. The van der Waals surface area contributed by atoms with E-state index in [4.69, 9.17) is 4.74 Å². The van der Waals surface area contributed by atoms with Crippen LogP contribution >= 0.6 is 0 Å². The quantitative estimate of drug-likeness (QED) is 0.601. The second-order valence-electron chi connectivity index (χ2n) is 4.45. The smallest absolute Gasteiger partial charge is 0.111 e. The summed E-state index contributed by atoms with van der Waals surface area (Å²) in [7, 11) is 0. The maximum Gasteiger partial charge on any atom is 0.111 e. The molecule has 68 valence electrons. The van der Waals surface area contributed by atoms with E-state index in [0.717, 1.165) is 6.42 Å². The van der Waals surface area contributed by atoms with Crippen molar-refractivity contribution in [3.05, 3.63) is 12.2 Å². The number of hydrogen-bond acceptors (Lipinski definition) is 2. The fourth-order valence-corrected chi connectivity index (χ4v) is 2.12. The van der Waals surface area contributed by atoms with Crippen molar-refractivity contribution in [1.29, 1.82) is 0 Å². The standard InChI is InChI=1S/C10H16O2/c1-7(2)10-5-4-9(3,12-10)8(11)6-10/h4-5,7-8,11H,6H2,1-3H3/t8-,9+,10-/m1/s1. The average Bonchev–Trinajstić information content (AvgIpc) is 2.41. The molecule has 1 fully saturated rings. The molecule has 3 atom stereocenters. The molecule has 0 amide bonds. The van der Waals surface area contributed by atoms with Gasteiger partial charge in [-0.15, -0.1) is 0 Å². The van der Waals surface area contributed by atoms with Crippen LogP contribution in [0.3, 0.4) is 0 Å². The summed E-state index contributed by atoms with van der Waals surface area (Å²) >= 11 is 0. The largest absolute Gasteiger partial charge is 0.390 e. The Kier molecular flexibility index (Phi) is 1.46. The molecule has 0 radical (unpaired) electrons. The molecule has 0 unspecified atom stereocenters. The van der Waals surface area contributed by atoms with Crippen molar-refractivity contribution in [1.82, 2.24) is 0 Å². The molecule has 2 aliphatic rings. The molecule has 0 aromatic heterocycles. The third kappa shape index (κ3) is 0.824. The van der Waals surface area contributed by atoms with Gasteiger partial charge in [-0.25, -0.2) is 0 Å². The molecule has 2 nitrogen and oxygen atoms in total. The van der Waals surface area contributed by atoms with Crippen LogP contribution in [0.15, 0.2) is 12.2 Å². The van der Waals surface area contributed by atoms with E-state index in [1.54, 1.807) is 0 Å². The Bertz CT molecular complexity index is 234. The molecule has 0 aliphatic carbocycles. The summed E-state index contributed by atoms with van der Waals surface area (Å²) in [6.45, 7) is 6.22. The predicted molar refractivity (Wildman–Crippen MR) is 46.8 cm³/mol. The first-order valence-electron chi connectivity index (χ1n) is 4.57. The van der Waals surface area contributed by atoms with Crippen LogP contribution in [0.25, 0.3) is 0 Å². The van der Waals surface area contributed by atoms with E-state index in [9.17, 15) is 5.11 Å². The minimum absolute atomic E-state index is 0.186. The van der Waals surface area contributed by atoms with Crippen LogP contribution in [0.1, 0.15) is 27.2 Å². The van der Waals surface area contributed by atoms with Crippen molar-refractivity contribution in [2.24, 2.45) is 5.92 Å². The number of aliphatic hydroxyl groups is 1. The predicted octanol–water partition coefficient (Wildman–Crippen LogP) is 1.49. The number of fused-ring (bicyclic) bond motifs is 2. The van der Waals surface area contributed by atoms with Crippen LogP contribution < -0.4 is 0 Å². The van der Waals surface area contributed by atoms with Crippen LogP contribution in [0.5, 0.6) is 0 Å². The molecule has 1 saturated heterocycles. The van der Waals surface area contributed by atoms with Gasteiger partial charge < -0.3 is 9.84 Å². The van der Waals surface area contributed by atoms with Crippen molar-refractivity contribution >= 4 is 0 Å². The molecule has 12 heavy (non-hydrogen) atoms. The van der Waals surface area contributed by atoms with Crippen LogP contribution in [-0.4, -0.2) is 22.4 Å². The molecular weight excluding hydrogens is 152 g/mol. The highest BCUT2D eigenvalue weighted by Crippen LogP contribution is 2.49. The SMILES string of the molecule is CC(C)[C@]12C=C[C@](C)(O1)[C@H](O)C2. The lowest BCUT2D eigenvalue weighted by Crippen LogP contribution is -2.32. The number of aliphatic hydroxyl groups excluding tert-OH is 1. The summed E-state index contributed by atoms with van der Waals surface area (Å²) in [4.78, 5) is 0. The molecule has 1 N–H and O–H groups in total. The summed E-state index contributed by atoms with van der Waals surface area (Å²) in [5, 5.41) is 9.72. The molecular formula is C10H16O2. The molecule has 0 aromatic carbocycles. The molecule has 2 heterocycles. The Hall–Kier alpha value is -0.340. The highest BCUT2D eigenvalue weighted by molar-refractivity contribution is 5.26. The maximum absolute atomic E-state index is 9.72. The van der Waals surface area contributed by atoms with Gasteiger partial charge in [0.1, 0.15) is 5.60 Å². The molecule has 2 aliphatic heterocycles. The number of rotatable bonds is 1. The Morgan fingerprint density at radius 3 is 2.42 bits per heavy atom. The van der Waals surface area contributed by atoms with E-state index < -0.39 is 5.60 Å². The normalized spacial score (nSPS) is 50.9. The Morgan fingerprint density at radius 1 is 1.50 bits per heavy atom. The first kappa shape index (κ1) is 8.27. The van der Waals surface area contributed by atoms with Gasteiger partial charge in [-0.1, -0.05) is 26.0 Å². The van der Waals surface area contributed by atoms with Crippen molar-refractivity contribution in [3.63, 3.8) is 0 Å². The lowest BCUT2D eigenvalue weighted by Gasteiger charge is -2.27. The van der Waals surface area contributed by atoms with Crippen molar-refractivity contribution < 1.29 is 9.84 Å². The van der Waals surface area contributed by atoms with Gasteiger partial charge in [0.2, 0.25) is 0 Å². The second-order valence-corrected chi connectivity index (χ2v) is 4.45. The third-order valence-corrected chi connectivity index (χ3v) is 3.26. The zero-order valence-electron chi connectivity index (χ0n) is 7.87. The van der Waals surface area contributed by atoms with Crippen LogP contribution in [0.4, 0.5) is 0 Å². The highest BCUT2D eigenvalue weighted by atomic mass is 16.6. The Morgan fingerprint density at radius 2 is 2.17 bits per heavy atom.